The van der Waals surface area contributed by atoms with Crippen molar-refractivity contribution in [2.75, 3.05) is 26.7 Å². The van der Waals surface area contributed by atoms with Gasteiger partial charge in [0.15, 0.2) is 0 Å². The van der Waals surface area contributed by atoms with Crippen LogP contribution in [0.3, 0.4) is 0 Å². The standard InChI is InChI=1S/C17H26N2O2/c1-14(13-19-10-6-3-7-11-19)18-12-15-8-4-5-9-16(15)17(20)21-2/h4-5,8-9,14,18H,3,6-7,10-13H2,1-2H3. The zero-order valence-corrected chi connectivity index (χ0v) is 13.1. The predicted octanol–water partition coefficient (Wildman–Crippen LogP) is 2.44. The van der Waals surface area contributed by atoms with Gasteiger partial charge in [0.25, 0.3) is 0 Å². The van der Waals surface area contributed by atoms with E-state index in [2.05, 4.69) is 17.1 Å². The molecule has 0 aromatic heterocycles. The average molecular weight is 290 g/mol. The van der Waals surface area contributed by atoms with Crippen LogP contribution in [0.25, 0.3) is 0 Å². The number of carbonyl (C=O) groups excluding carboxylic acids is 1. The minimum Gasteiger partial charge on any atom is -0.465 e. The number of hydrogen-bond donors (Lipinski definition) is 1. The summed E-state index contributed by atoms with van der Waals surface area (Å²) >= 11 is 0. The first-order chi connectivity index (χ1) is 10.2. The second-order valence-corrected chi connectivity index (χ2v) is 5.79. The van der Waals surface area contributed by atoms with E-state index in [4.69, 9.17) is 4.74 Å². The molecule has 0 aliphatic carbocycles. The molecule has 0 amide bonds. The number of nitrogens with zero attached hydrogens (tertiary/aromatic N) is 1. The molecule has 1 heterocycles. The molecule has 4 nitrogen and oxygen atoms in total. The molecule has 1 aliphatic heterocycles. The number of rotatable bonds is 6. The van der Waals surface area contributed by atoms with Gasteiger partial charge in [-0.15, -0.1) is 0 Å². The fraction of sp³-hybridized carbons (Fsp3) is 0.588. The molecule has 1 unspecified atom stereocenters. The van der Waals surface area contributed by atoms with Crippen molar-refractivity contribution in [2.24, 2.45) is 0 Å². The summed E-state index contributed by atoms with van der Waals surface area (Å²) in [6, 6.07) is 8.03. The first-order valence-corrected chi connectivity index (χ1v) is 7.82. The molecule has 1 N–H and O–H groups in total. The third-order valence-corrected chi connectivity index (χ3v) is 4.04. The van der Waals surface area contributed by atoms with E-state index in [0.717, 1.165) is 12.1 Å². The van der Waals surface area contributed by atoms with E-state index in [1.165, 1.54) is 39.5 Å². The Morgan fingerprint density at radius 1 is 1.29 bits per heavy atom. The van der Waals surface area contributed by atoms with E-state index in [0.29, 0.717) is 18.2 Å². The number of methoxy groups -OCH3 is 1. The molecule has 1 aromatic rings. The maximum absolute atomic E-state index is 11.7. The lowest BCUT2D eigenvalue weighted by Gasteiger charge is -2.29. The molecule has 1 fully saturated rings. The van der Waals surface area contributed by atoms with Crippen LogP contribution in [0.5, 0.6) is 0 Å². The summed E-state index contributed by atoms with van der Waals surface area (Å²) in [7, 11) is 1.42. The Morgan fingerprint density at radius 2 is 2.00 bits per heavy atom. The van der Waals surface area contributed by atoms with Gasteiger partial charge in [0, 0.05) is 19.1 Å². The summed E-state index contributed by atoms with van der Waals surface area (Å²) in [6.45, 7) is 6.39. The van der Waals surface area contributed by atoms with E-state index >= 15 is 0 Å². The van der Waals surface area contributed by atoms with Gasteiger partial charge < -0.3 is 15.0 Å². The molecule has 1 aromatic carbocycles. The molecule has 0 radical (unpaired) electrons. The Hall–Kier alpha value is -1.39. The molecule has 2 rings (SSSR count). The number of hydrogen-bond acceptors (Lipinski definition) is 4. The van der Waals surface area contributed by atoms with Gasteiger partial charge >= 0.3 is 5.97 Å². The van der Waals surface area contributed by atoms with Crippen LogP contribution in [0.1, 0.15) is 42.1 Å². The smallest absolute Gasteiger partial charge is 0.338 e. The Morgan fingerprint density at radius 3 is 2.71 bits per heavy atom. The van der Waals surface area contributed by atoms with Crippen molar-refractivity contribution >= 4 is 5.97 Å². The Balaban J connectivity index is 1.86. The average Bonchev–Trinajstić information content (AvgIpc) is 2.53. The van der Waals surface area contributed by atoms with Gasteiger partial charge in [0.1, 0.15) is 0 Å². The van der Waals surface area contributed by atoms with Crippen LogP contribution in [-0.2, 0) is 11.3 Å². The topological polar surface area (TPSA) is 41.6 Å². The molecular weight excluding hydrogens is 264 g/mol. The minimum absolute atomic E-state index is 0.268. The first kappa shape index (κ1) is 16.0. The third-order valence-electron chi connectivity index (χ3n) is 4.04. The van der Waals surface area contributed by atoms with Crippen LogP contribution in [0.4, 0.5) is 0 Å². The lowest BCUT2D eigenvalue weighted by atomic mass is 10.1. The Bertz CT molecular complexity index is 456. The van der Waals surface area contributed by atoms with Gasteiger partial charge in [0.2, 0.25) is 0 Å². The van der Waals surface area contributed by atoms with Crippen LogP contribution < -0.4 is 5.32 Å². The predicted molar refractivity (Wildman–Crippen MR) is 84.4 cm³/mol. The maximum Gasteiger partial charge on any atom is 0.338 e. The van der Waals surface area contributed by atoms with Crippen molar-refractivity contribution in [2.45, 2.75) is 38.8 Å². The van der Waals surface area contributed by atoms with E-state index in [1.807, 2.05) is 24.3 Å². The number of nitrogens with one attached hydrogen (secondary N) is 1. The van der Waals surface area contributed by atoms with Crippen molar-refractivity contribution in [3.63, 3.8) is 0 Å². The zero-order chi connectivity index (χ0) is 15.1. The van der Waals surface area contributed by atoms with Gasteiger partial charge in [-0.25, -0.2) is 4.79 Å². The lowest BCUT2D eigenvalue weighted by Crippen LogP contribution is -2.41. The first-order valence-electron chi connectivity index (χ1n) is 7.82. The molecule has 0 spiro atoms. The number of esters is 1. The molecule has 116 valence electrons. The summed E-state index contributed by atoms with van der Waals surface area (Å²) in [5.41, 5.74) is 1.65. The summed E-state index contributed by atoms with van der Waals surface area (Å²) in [5, 5.41) is 3.52. The highest BCUT2D eigenvalue weighted by molar-refractivity contribution is 5.90. The van der Waals surface area contributed by atoms with Crippen LogP contribution in [0, 0.1) is 0 Å². The van der Waals surface area contributed by atoms with Crippen molar-refractivity contribution in [3.05, 3.63) is 35.4 Å². The lowest BCUT2D eigenvalue weighted by molar-refractivity contribution is 0.0599. The number of ether oxygens (including phenoxy) is 1. The second kappa shape index (κ2) is 8.15. The van der Waals surface area contributed by atoms with Crippen molar-refractivity contribution in [1.29, 1.82) is 0 Å². The van der Waals surface area contributed by atoms with Crippen LogP contribution >= 0.6 is 0 Å². The monoisotopic (exact) mass is 290 g/mol. The third kappa shape index (κ3) is 4.83. The second-order valence-electron chi connectivity index (χ2n) is 5.79. The molecule has 1 aliphatic rings. The van der Waals surface area contributed by atoms with E-state index in [9.17, 15) is 4.79 Å². The van der Waals surface area contributed by atoms with Crippen molar-refractivity contribution in [1.82, 2.24) is 10.2 Å². The molecular formula is C17H26N2O2. The number of piperidine rings is 1. The summed E-state index contributed by atoms with van der Waals surface area (Å²) in [4.78, 5) is 14.3. The Labute approximate surface area is 127 Å². The maximum atomic E-state index is 11.7. The largest absolute Gasteiger partial charge is 0.465 e. The van der Waals surface area contributed by atoms with E-state index in [1.54, 1.807) is 0 Å². The highest BCUT2D eigenvalue weighted by Gasteiger charge is 2.15. The quantitative estimate of drug-likeness (QED) is 0.817. The van der Waals surface area contributed by atoms with Gasteiger partial charge in [-0.1, -0.05) is 24.6 Å². The minimum atomic E-state index is -0.268. The van der Waals surface area contributed by atoms with E-state index < -0.39 is 0 Å². The van der Waals surface area contributed by atoms with Gasteiger partial charge in [-0.05, 0) is 44.5 Å². The van der Waals surface area contributed by atoms with Crippen molar-refractivity contribution in [3.8, 4) is 0 Å². The number of carbonyl (C=O) groups is 1. The molecule has 1 saturated heterocycles. The normalized spacial score (nSPS) is 17.4. The van der Waals surface area contributed by atoms with Crippen LogP contribution in [0.15, 0.2) is 24.3 Å². The van der Waals surface area contributed by atoms with Crippen LogP contribution in [0.2, 0.25) is 0 Å². The molecule has 1 atom stereocenters. The van der Waals surface area contributed by atoms with Crippen molar-refractivity contribution < 1.29 is 9.53 Å². The zero-order valence-electron chi connectivity index (χ0n) is 13.1. The summed E-state index contributed by atoms with van der Waals surface area (Å²) in [6.07, 6.45) is 4.00. The molecule has 4 heteroatoms. The summed E-state index contributed by atoms with van der Waals surface area (Å²) < 4.78 is 4.83. The number of benzene rings is 1. The van der Waals surface area contributed by atoms with Gasteiger partial charge in [-0.3, -0.25) is 0 Å². The van der Waals surface area contributed by atoms with Gasteiger partial charge in [-0.2, -0.15) is 0 Å². The Kier molecular flexibility index (Phi) is 6.21. The van der Waals surface area contributed by atoms with Gasteiger partial charge in [0.05, 0.1) is 12.7 Å². The molecule has 0 saturated carbocycles. The molecule has 21 heavy (non-hydrogen) atoms. The highest BCUT2D eigenvalue weighted by Crippen LogP contribution is 2.11. The van der Waals surface area contributed by atoms with E-state index in [-0.39, 0.29) is 5.97 Å². The summed E-state index contributed by atoms with van der Waals surface area (Å²) in [5.74, 6) is -0.268. The molecule has 0 bridgehead atoms. The van der Waals surface area contributed by atoms with Crippen LogP contribution in [-0.4, -0.2) is 43.7 Å². The SMILES string of the molecule is COC(=O)c1ccccc1CNC(C)CN1CCCCC1. The fourth-order valence-corrected chi connectivity index (χ4v) is 2.86. The highest BCUT2D eigenvalue weighted by atomic mass is 16.5. The fourth-order valence-electron chi connectivity index (χ4n) is 2.86. The number of likely N-dealkylation sites (tertiary alicyclic amines) is 1.